The van der Waals surface area contributed by atoms with Crippen molar-refractivity contribution in [3.63, 3.8) is 0 Å². The lowest BCUT2D eigenvalue weighted by Gasteiger charge is -2.34. The maximum Gasteiger partial charge on any atom is 0.243 e. The molecule has 1 aliphatic heterocycles. The molecule has 0 N–H and O–H groups in total. The Morgan fingerprint density at radius 2 is 1.53 bits per heavy atom. The zero-order valence-electron chi connectivity index (χ0n) is 17.7. The SMILES string of the molecule is Cc1cccc(S(=O)(=O)N2CCN(c3ccc(-n4nc(C)c(C)c4C)nn3)CC2)c1. The third-order valence-corrected chi connectivity index (χ3v) is 7.59. The van der Waals surface area contributed by atoms with Crippen LogP contribution in [0, 0.1) is 27.7 Å². The molecule has 4 rings (SSSR count). The molecule has 1 fully saturated rings. The molecular weight excluding hydrogens is 400 g/mol. The molecule has 30 heavy (non-hydrogen) atoms. The quantitative estimate of drug-likeness (QED) is 0.637. The zero-order valence-corrected chi connectivity index (χ0v) is 18.5. The van der Waals surface area contributed by atoms with Crippen LogP contribution in [0.4, 0.5) is 5.82 Å². The molecule has 0 radical (unpaired) electrons. The summed E-state index contributed by atoms with van der Waals surface area (Å²) in [6.45, 7) is 9.89. The first-order valence-electron chi connectivity index (χ1n) is 9.96. The number of piperazine rings is 1. The summed E-state index contributed by atoms with van der Waals surface area (Å²) in [6.07, 6.45) is 0. The first-order chi connectivity index (χ1) is 14.3. The number of benzene rings is 1. The number of hydrogen-bond acceptors (Lipinski definition) is 6. The van der Waals surface area contributed by atoms with Crippen LogP contribution in [-0.4, -0.2) is 58.9 Å². The Morgan fingerprint density at radius 3 is 2.10 bits per heavy atom. The second-order valence-electron chi connectivity index (χ2n) is 7.66. The first kappa shape index (κ1) is 20.5. The van der Waals surface area contributed by atoms with E-state index in [9.17, 15) is 8.42 Å². The third kappa shape index (κ3) is 3.70. The smallest absolute Gasteiger partial charge is 0.243 e. The molecule has 1 aromatic carbocycles. The van der Waals surface area contributed by atoms with Crippen LogP contribution in [0.5, 0.6) is 0 Å². The van der Waals surface area contributed by atoms with Gasteiger partial charge in [-0.25, -0.2) is 13.1 Å². The van der Waals surface area contributed by atoms with E-state index < -0.39 is 10.0 Å². The summed E-state index contributed by atoms with van der Waals surface area (Å²) < 4.78 is 29.2. The standard InChI is InChI=1S/C21H26N6O2S/c1-15-6-5-7-19(14-15)30(28,29)26-12-10-25(11-13-26)20-8-9-21(23-22-20)27-18(4)16(2)17(3)24-27/h5-9,14H,10-13H2,1-4H3. The number of anilines is 1. The Bertz CT molecular complexity index is 1160. The highest BCUT2D eigenvalue weighted by Crippen LogP contribution is 2.21. The fraction of sp³-hybridized carbons (Fsp3) is 0.381. The van der Waals surface area contributed by atoms with Crippen molar-refractivity contribution in [1.29, 1.82) is 0 Å². The van der Waals surface area contributed by atoms with Crippen LogP contribution < -0.4 is 4.90 Å². The van der Waals surface area contributed by atoms with Gasteiger partial charge in [0.05, 0.1) is 10.6 Å². The molecular formula is C21H26N6O2S. The van der Waals surface area contributed by atoms with Crippen molar-refractivity contribution in [2.24, 2.45) is 0 Å². The number of aromatic nitrogens is 4. The Kier molecular flexibility index (Phi) is 5.33. The molecule has 0 amide bonds. The van der Waals surface area contributed by atoms with E-state index >= 15 is 0 Å². The van der Waals surface area contributed by atoms with Crippen molar-refractivity contribution in [1.82, 2.24) is 24.3 Å². The van der Waals surface area contributed by atoms with Crippen molar-refractivity contribution in [2.75, 3.05) is 31.1 Å². The van der Waals surface area contributed by atoms with Gasteiger partial charge in [-0.1, -0.05) is 12.1 Å². The Morgan fingerprint density at radius 1 is 0.867 bits per heavy atom. The molecule has 0 atom stereocenters. The lowest BCUT2D eigenvalue weighted by atomic mass is 10.2. The van der Waals surface area contributed by atoms with Gasteiger partial charge in [0.25, 0.3) is 0 Å². The van der Waals surface area contributed by atoms with Gasteiger partial charge in [-0.15, -0.1) is 10.2 Å². The van der Waals surface area contributed by atoms with Gasteiger partial charge < -0.3 is 4.90 Å². The highest BCUT2D eigenvalue weighted by Gasteiger charge is 2.29. The average molecular weight is 427 g/mol. The van der Waals surface area contributed by atoms with Gasteiger partial charge in [-0.2, -0.15) is 9.40 Å². The van der Waals surface area contributed by atoms with Gasteiger partial charge in [0.2, 0.25) is 10.0 Å². The van der Waals surface area contributed by atoms with Gasteiger partial charge >= 0.3 is 0 Å². The molecule has 2 aromatic heterocycles. The van der Waals surface area contributed by atoms with E-state index in [2.05, 4.69) is 20.2 Å². The molecule has 3 heterocycles. The number of nitrogens with zero attached hydrogens (tertiary/aromatic N) is 6. The molecule has 1 saturated heterocycles. The van der Waals surface area contributed by atoms with E-state index in [0.29, 0.717) is 36.9 Å². The number of hydrogen-bond donors (Lipinski definition) is 0. The van der Waals surface area contributed by atoms with E-state index in [1.165, 1.54) is 0 Å². The second-order valence-corrected chi connectivity index (χ2v) is 9.60. The lowest BCUT2D eigenvalue weighted by Crippen LogP contribution is -2.49. The molecule has 158 valence electrons. The Labute approximate surface area is 177 Å². The summed E-state index contributed by atoms with van der Waals surface area (Å²) in [5.74, 6) is 1.41. The molecule has 0 aliphatic carbocycles. The molecule has 9 heteroatoms. The zero-order chi connectivity index (χ0) is 21.5. The Hall–Kier alpha value is -2.78. The monoisotopic (exact) mass is 426 g/mol. The summed E-state index contributed by atoms with van der Waals surface area (Å²) in [7, 11) is -3.48. The fourth-order valence-corrected chi connectivity index (χ4v) is 5.15. The predicted molar refractivity (Wildman–Crippen MR) is 116 cm³/mol. The molecule has 1 aliphatic rings. The normalized spacial score (nSPS) is 15.5. The highest BCUT2D eigenvalue weighted by atomic mass is 32.2. The summed E-state index contributed by atoms with van der Waals surface area (Å²) in [6, 6.07) is 10.9. The van der Waals surface area contributed by atoms with E-state index in [1.807, 2.05) is 45.9 Å². The highest BCUT2D eigenvalue weighted by molar-refractivity contribution is 7.89. The number of rotatable bonds is 4. The van der Waals surface area contributed by atoms with E-state index in [0.717, 1.165) is 28.3 Å². The van der Waals surface area contributed by atoms with Crippen molar-refractivity contribution in [3.05, 3.63) is 58.9 Å². The van der Waals surface area contributed by atoms with Gasteiger partial charge in [0.1, 0.15) is 0 Å². The number of sulfonamides is 1. The minimum absolute atomic E-state index is 0.347. The summed E-state index contributed by atoms with van der Waals surface area (Å²) >= 11 is 0. The lowest BCUT2D eigenvalue weighted by molar-refractivity contribution is 0.383. The van der Waals surface area contributed by atoms with Crippen LogP contribution in [0.1, 0.15) is 22.5 Å². The third-order valence-electron chi connectivity index (χ3n) is 5.70. The van der Waals surface area contributed by atoms with Crippen LogP contribution in [0.2, 0.25) is 0 Å². The number of aryl methyl sites for hydroxylation is 2. The molecule has 0 bridgehead atoms. The van der Waals surface area contributed by atoms with Gasteiger partial charge in [-0.05, 0) is 63.1 Å². The van der Waals surface area contributed by atoms with Crippen molar-refractivity contribution < 1.29 is 8.42 Å². The second kappa shape index (κ2) is 7.81. The summed E-state index contributed by atoms with van der Waals surface area (Å²) in [5.41, 5.74) is 4.10. The molecule has 0 spiro atoms. The maximum atomic E-state index is 12.9. The van der Waals surface area contributed by atoms with Crippen LogP contribution in [0.25, 0.3) is 5.82 Å². The van der Waals surface area contributed by atoms with Gasteiger partial charge in [0, 0.05) is 31.9 Å². The predicted octanol–water partition coefficient (Wildman–Crippen LogP) is 2.41. The topological polar surface area (TPSA) is 84.2 Å². The summed E-state index contributed by atoms with van der Waals surface area (Å²) in [5, 5.41) is 13.2. The molecule has 0 unspecified atom stereocenters. The van der Waals surface area contributed by atoms with Crippen LogP contribution in [0.3, 0.4) is 0 Å². The first-order valence-corrected chi connectivity index (χ1v) is 11.4. The van der Waals surface area contributed by atoms with Crippen LogP contribution >= 0.6 is 0 Å². The largest absolute Gasteiger partial charge is 0.352 e. The van der Waals surface area contributed by atoms with E-state index in [1.54, 1.807) is 27.2 Å². The molecule has 0 saturated carbocycles. The average Bonchev–Trinajstić information content (AvgIpc) is 3.01. The van der Waals surface area contributed by atoms with Crippen molar-refractivity contribution in [2.45, 2.75) is 32.6 Å². The minimum atomic E-state index is -3.48. The molecule has 8 nitrogen and oxygen atoms in total. The minimum Gasteiger partial charge on any atom is -0.352 e. The Balaban J connectivity index is 1.46. The van der Waals surface area contributed by atoms with Gasteiger partial charge in [0.15, 0.2) is 11.6 Å². The fourth-order valence-electron chi connectivity index (χ4n) is 3.63. The van der Waals surface area contributed by atoms with Crippen molar-refractivity contribution in [3.8, 4) is 5.82 Å². The van der Waals surface area contributed by atoms with Gasteiger partial charge in [-0.3, -0.25) is 0 Å². The molecule has 3 aromatic rings. The van der Waals surface area contributed by atoms with Crippen LogP contribution in [0.15, 0.2) is 41.3 Å². The van der Waals surface area contributed by atoms with Crippen LogP contribution in [-0.2, 0) is 10.0 Å². The maximum absolute atomic E-state index is 12.9. The van der Waals surface area contributed by atoms with E-state index in [4.69, 9.17) is 0 Å². The van der Waals surface area contributed by atoms with E-state index in [-0.39, 0.29) is 0 Å². The summed E-state index contributed by atoms with van der Waals surface area (Å²) in [4.78, 5) is 2.41. The van der Waals surface area contributed by atoms with Crippen molar-refractivity contribution >= 4 is 15.8 Å².